The number of fused-ring (bicyclic) bond motifs is 4. The topological polar surface area (TPSA) is 46.9 Å². The maximum atomic E-state index is 13.6. The molecule has 4 nitrogen and oxygen atoms in total. The minimum atomic E-state index is 0.0868. The molecule has 3 aromatic carbocycles. The van der Waals surface area contributed by atoms with Gasteiger partial charge in [-0.1, -0.05) is 72.8 Å². The van der Waals surface area contributed by atoms with Crippen LogP contribution in [-0.4, -0.2) is 15.6 Å². The van der Waals surface area contributed by atoms with Crippen LogP contribution in [0.4, 0.5) is 0 Å². The molecular formula is C32H29N3OS. The van der Waals surface area contributed by atoms with Crippen molar-refractivity contribution in [3.63, 3.8) is 0 Å². The summed E-state index contributed by atoms with van der Waals surface area (Å²) in [6, 6.07) is 28.5. The smallest absolute Gasteiger partial charge is 0.262 e. The van der Waals surface area contributed by atoms with Crippen molar-refractivity contribution in [1.29, 1.82) is 0 Å². The Labute approximate surface area is 220 Å². The monoisotopic (exact) mass is 503 g/mol. The molecular weight excluding hydrogens is 474 g/mol. The molecule has 2 aliphatic rings. The molecule has 184 valence electrons. The number of aryl methyl sites for hydroxylation is 2. The number of aromatic nitrogens is 2. The highest BCUT2D eigenvalue weighted by atomic mass is 32.1. The van der Waals surface area contributed by atoms with Crippen molar-refractivity contribution in [1.82, 2.24) is 14.9 Å². The molecule has 0 saturated carbocycles. The van der Waals surface area contributed by atoms with Gasteiger partial charge in [-0.15, -0.1) is 11.3 Å². The first-order valence-corrected chi connectivity index (χ1v) is 14.0. The van der Waals surface area contributed by atoms with Crippen LogP contribution in [0.1, 0.15) is 46.0 Å². The summed E-state index contributed by atoms with van der Waals surface area (Å²) >= 11 is 1.71. The van der Waals surface area contributed by atoms with Crippen molar-refractivity contribution in [3.8, 4) is 11.1 Å². The van der Waals surface area contributed by atoms with E-state index in [2.05, 4.69) is 78.1 Å². The number of nitrogens with one attached hydrogen (secondary N) is 1. The molecule has 2 heterocycles. The highest BCUT2D eigenvalue weighted by molar-refractivity contribution is 7.18. The van der Waals surface area contributed by atoms with Gasteiger partial charge in [0, 0.05) is 17.0 Å². The zero-order chi connectivity index (χ0) is 24.8. The number of benzene rings is 3. The number of hydrogen-bond donors (Lipinski definition) is 1. The molecule has 0 fully saturated rings. The molecule has 37 heavy (non-hydrogen) atoms. The SMILES string of the molecule is O=c1c2c3c(sc2ncn1Cc1cccc(-c2ccccc2)c1)CC(NC1CCc2ccccc21)CC3. The average Bonchev–Trinajstić information content (AvgIpc) is 3.52. The first-order chi connectivity index (χ1) is 18.2. The first kappa shape index (κ1) is 22.6. The Bertz CT molecular complexity index is 1650. The Morgan fingerprint density at radius 3 is 2.68 bits per heavy atom. The van der Waals surface area contributed by atoms with E-state index in [9.17, 15) is 4.79 Å². The maximum absolute atomic E-state index is 13.6. The molecule has 1 N–H and O–H groups in total. The van der Waals surface area contributed by atoms with Gasteiger partial charge >= 0.3 is 0 Å². The van der Waals surface area contributed by atoms with E-state index < -0.39 is 0 Å². The second kappa shape index (κ2) is 9.40. The van der Waals surface area contributed by atoms with Crippen LogP contribution in [0, 0.1) is 0 Å². The van der Waals surface area contributed by atoms with Crippen molar-refractivity contribution in [2.24, 2.45) is 0 Å². The van der Waals surface area contributed by atoms with Gasteiger partial charge in [0.1, 0.15) is 4.83 Å². The molecule has 0 saturated heterocycles. The minimum absolute atomic E-state index is 0.0868. The second-order valence-electron chi connectivity index (χ2n) is 10.3. The van der Waals surface area contributed by atoms with Crippen molar-refractivity contribution >= 4 is 21.6 Å². The summed E-state index contributed by atoms with van der Waals surface area (Å²) in [5.41, 5.74) is 7.72. The first-order valence-electron chi connectivity index (χ1n) is 13.2. The molecule has 2 atom stereocenters. The van der Waals surface area contributed by atoms with Crippen LogP contribution in [0.5, 0.6) is 0 Å². The van der Waals surface area contributed by atoms with E-state index in [0.29, 0.717) is 18.6 Å². The summed E-state index contributed by atoms with van der Waals surface area (Å²) in [7, 11) is 0. The van der Waals surface area contributed by atoms with Crippen molar-refractivity contribution in [2.45, 2.75) is 50.7 Å². The fourth-order valence-electron chi connectivity index (χ4n) is 6.15. The molecule has 0 amide bonds. The van der Waals surface area contributed by atoms with Gasteiger partial charge in [0.15, 0.2) is 0 Å². The summed E-state index contributed by atoms with van der Waals surface area (Å²) in [6.45, 7) is 0.526. The summed E-state index contributed by atoms with van der Waals surface area (Å²) in [5, 5.41) is 4.78. The normalized spacial score (nSPS) is 18.6. The summed E-state index contributed by atoms with van der Waals surface area (Å²) in [5.74, 6) is 0. The van der Waals surface area contributed by atoms with Crippen molar-refractivity contribution in [3.05, 3.63) is 123 Å². The highest BCUT2D eigenvalue weighted by Crippen LogP contribution is 2.36. The Morgan fingerprint density at radius 1 is 0.919 bits per heavy atom. The van der Waals surface area contributed by atoms with Gasteiger partial charge < -0.3 is 5.32 Å². The number of rotatable bonds is 5. The molecule has 0 bridgehead atoms. The lowest BCUT2D eigenvalue weighted by Crippen LogP contribution is -2.36. The van der Waals surface area contributed by atoms with Gasteiger partial charge in [-0.2, -0.15) is 0 Å². The van der Waals surface area contributed by atoms with Gasteiger partial charge in [0.2, 0.25) is 0 Å². The average molecular weight is 504 g/mol. The molecule has 5 heteroatoms. The van der Waals surface area contributed by atoms with Gasteiger partial charge in [-0.25, -0.2) is 4.98 Å². The number of nitrogens with zero attached hydrogens (tertiary/aromatic N) is 2. The highest BCUT2D eigenvalue weighted by Gasteiger charge is 2.29. The van der Waals surface area contributed by atoms with E-state index in [1.54, 1.807) is 22.2 Å². The molecule has 2 unspecified atom stereocenters. The molecule has 2 aliphatic carbocycles. The van der Waals surface area contributed by atoms with Crippen LogP contribution in [-0.2, 0) is 25.8 Å². The van der Waals surface area contributed by atoms with Gasteiger partial charge in [-0.3, -0.25) is 9.36 Å². The van der Waals surface area contributed by atoms with Crippen LogP contribution < -0.4 is 10.9 Å². The third-order valence-electron chi connectivity index (χ3n) is 7.99. The molecule has 5 aromatic rings. The lowest BCUT2D eigenvalue weighted by Gasteiger charge is -2.27. The van der Waals surface area contributed by atoms with Crippen LogP contribution in [0.25, 0.3) is 21.3 Å². The Morgan fingerprint density at radius 2 is 1.76 bits per heavy atom. The standard InChI is InChI=1S/C32H29N3OS/c36-32-30-27-15-14-25(34-28-16-13-23-10-4-5-12-26(23)28)18-29(27)37-31(30)33-20-35(32)19-21-7-6-11-24(17-21)22-8-2-1-3-9-22/h1-12,17,20,25,28,34H,13-16,18-19H2. The largest absolute Gasteiger partial charge is 0.307 e. The van der Waals surface area contributed by atoms with E-state index >= 15 is 0 Å². The van der Waals surface area contributed by atoms with Crippen molar-refractivity contribution < 1.29 is 0 Å². The molecule has 0 radical (unpaired) electrons. The summed E-state index contributed by atoms with van der Waals surface area (Å²) in [4.78, 5) is 20.6. The van der Waals surface area contributed by atoms with Gasteiger partial charge in [0.05, 0.1) is 18.3 Å². The molecule has 0 aliphatic heterocycles. The van der Waals surface area contributed by atoms with E-state index in [1.807, 2.05) is 6.07 Å². The summed E-state index contributed by atoms with van der Waals surface area (Å²) < 4.78 is 1.78. The lowest BCUT2D eigenvalue weighted by atomic mass is 9.92. The second-order valence-corrected chi connectivity index (χ2v) is 11.4. The van der Waals surface area contributed by atoms with Crippen LogP contribution in [0.2, 0.25) is 0 Å². The molecule has 0 spiro atoms. The Kier molecular flexibility index (Phi) is 5.75. The maximum Gasteiger partial charge on any atom is 0.262 e. The number of thiophene rings is 1. The van der Waals surface area contributed by atoms with Gasteiger partial charge in [0.25, 0.3) is 5.56 Å². The fraction of sp³-hybridized carbons (Fsp3) is 0.250. The van der Waals surface area contributed by atoms with E-state index in [-0.39, 0.29) is 5.56 Å². The zero-order valence-electron chi connectivity index (χ0n) is 20.7. The molecule has 7 rings (SSSR count). The fourth-order valence-corrected chi connectivity index (χ4v) is 7.41. The van der Waals surface area contributed by atoms with E-state index in [4.69, 9.17) is 4.98 Å². The van der Waals surface area contributed by atoms with Crippen LogP contribution >= 0.6 is 11.3 Å². The van der Waals surface area contributed by atoms with E-state index in [0.717, 1.165) is 47.0 Å². The van der Waals surface area contributed by atoms with Crippen LogP contribution in [0.3, 0.4) is 0 Å². The zero-order valence-corrected chi connectivity index (χ0v) is 21.5. The Balaban J connectivity index is 1.13. The van der Waals surface area contributed by atoms with Crippen molar-refractivity contribution in [2.75, 3.05) is 0 Å². The quantitative estimate of drug-likeness (QED) is 0.306. The Hall–Kier alpha value is -3.54. The van der Waals surface area contributed by atoms with E-state index in [1.165, 1.54) is 33.6 Å². The van der Waals surface area contributed by atoms with Crippen LogP contribution in [0.15, 0.2) is 90.0 Å². The van der Waals surface area contributed by atoms with Gasteiger partial charge in [-0.05, 0) is 71.6 Å². The predicted molar refractivity (Wildman–Crippen MR) is 151 cm³/mol. The molecule has 2 aromatic heterocycles. The lowest BCUT2D eigenvalue weighted by molar-refractivity contribution is 0.400. The number of hydrogen-bond acceptors (Lipinski definition) is 4. The minimum Gasteiger partial charge on any atom is -0.307 e. The summed E-state index contributed by atoms with van der Waals surface area (Å²) in [6.07, 6.45) is 7.04. The third kappa shape index (κ3) is 4.22. The predicted octanol–water partition coefficient (Wildman–Crippen LogP) is 6.31. The third-order valence-corrected chi connectivity index (χ3v) is 9.15.